The number of rotatable bonds is 4. The van der Waals surface area contributed by atoms with Gasteiger partial charge in [0.05, 0.1) is 0 Å². The van der Waals surface area contributed by atoms with Crippen molar-refractivity contribution >= 4 is 23.1 Å². The highest BCUT2D eigenvalue weighted by atomic mass is 32.1. The summed E-state index contributed by atoms with van der Waals surface area (Å²) in [7, 11) is 0. The van der Waals surface area contributed by atoms with Gasteiger partial charge in [-0.25, -0.2) is 0 Å². The third kappa shape index (κ3) is 2.60. The molecule has 1 amide bonds. The molecule has 0 radical (unpaired) electrons. The lowest BCUT2D eigenvalue weighted by Crippen LogP contribution is -2.25. The Morgan fingerprint density at radius 2 is 2.50 bits per heavy atom. The second-order valence-corrected chi connectivity index (χ2v) is 4.12. The number of hydrogen-bond acceptors (Lipinski definition) is 4. The number of carbonyl (C=O) groups is 1. The number of anilines is 1. The predicted octanol–water partition coefficient (Wildman–Crippen LogP) is 1.03. The fourth-order valence-corrected chi connectivity index (χ4v) is 2.01. The van der Waals surface area contributed by atoms with Gasteiger partial charge < -0.3 is 11.1 Å². The molecule has 0 fully saturated rings. The Kier molecular flexibility index (Phi) is 3.21. The van der Waals surface area contributed by atoms with Crippen LogP contribution in [-0.4, -0.2) is 22.6 Å². The van der Waals surface area contributed by atoms with Gasteiger partial charge in [-0.1, -0.05) is 0 Å². The van der Waals surface area contributed by atoms with Crippen molar-refractivity contribution in [2.75, 3.05) is 12.3 Å². The Balaban J connectivity index is 1.80. The van der Waals surface area contributed by atoms with Crippen LogP contribution in [0.3, 0.4) is 0 Å². The topological polar surface area (TPSA) is 83.8 Å². The summed E-state index contributed by atoms with van der Waals surface area (Å²) in [6.07, 6.45) is 0.832. The number of hydrogen-bond donors (Lipinski definition) is 3. The smallest absolute Gasteiger partial charge is 0.269 e. The summed E-state index contributed by atoms with van der Waals surface area (Å²) in [6, 6.07) is 3.56. The minimum Gasteiger partial charge on any atom is -0.382 e. The molecule has 0 aliphatic heterocycles. The van der Waals surface area contributed by atoms with Gasteiger partial charge in [0.25, 0.3) is 5.91 Å². The summed E-state index contributed by atoms with van der Waals surface area (Å²) in [5, 5.41) is 13.1. The first-order chi connectivity index (χ1) is 7.75. The van der Waals surface area contributed by atoms with Crippen LogP contribution in [0.4, 0.5) is 5.82 Å². The first kappa shape index (κ1) is 10.7. The van der Waals surface area contributed by atoms with Crippen LogP contribution < -0.4 is 11.1 Å². The third-order valence-corrected chi connectivity index (χ3v) is 2.85. The summed E-state index contributed by atoms with van der Waals surface area (Å²) in [6.45, 7) is 0.606. The highest BCUT2D eigenvalue weighted by molar-refractivity contribution is 7.07. The molecule has 2 aromatic rings. The molecular formula is C10H12N4OS. The van der Waals surface area contributed by atoms with E-state index in [9.17, 15) is 4.79 Å². The number of carbonyl (C=O) groups excluding carboxylic acids is 1. The van der Waals surface area contributed by atoms with Crippen molar-refractivity contribution in [3.8, 4) is 0 Å². The Labute approximate surface area is 96.7 Å². The molecule has 0 saturated heterocycles. The first-order valence-corrected chi connectivity index (χ1v) is 5.80. The molecule has 0 aliphatic rings. The predicted molar refractivity (Wildman–Crippen MR) is 63.4 cm³/mol. The molecule has 0 spiro atoms. The summed E-state index contributed by atoms with van der Waals surface area (Å²) < 4.78 is 0. The van der Waals surface area contributed by atoms with Crippen molar-refractivity contribution in [2.24, 2.45) is 0 Å². The van der Waals surface area contributed by atoms with Gasteiger partial charge in [-0.3, -0.25) is 9.89 Å². The number of amides is 1. The van der Waals surface area contributed by atoms with E-state index in [1.165, 1.54) is 11.6 Å². The van der Waals surface area contributed by atoms with E-state index in [4.69, 9.17) is 5.73 Å². The van der Waals surface area contributed by atoms with E-state index in [0.717, 1.165) is 6.42 Å². The SMILES string of the molecule is Nc1cc(C(=O)NCCc2ccsc2)[nH]n1. The summed E-state index contributed by atoms with van der Waals surface area (Å²) in [5.41, 5.74) is 7.02. The fraction of sp³-hybridized carbons (Fsp3) is 0.200. The first-order valence-electron chi connectivity index (χ1n) is 4.86. The molecule has 0 bridgehead atoms. The Morgan fingerprint density at radius 1 is 1.62 bits per heavy atom. The number of aromatic amines is 1. The van der Waals surface area contributed by atoms with Gasteiger partial charge in [-0.05, 0) is 28.8 Å². The number of aromatic nitrogens is 2. The zero-order valence-electron chi connectivity index (χ0n) is 8.56. The van der Waals surface area contributed by atoms with Crippen molar-refractivity contribution in [1.29, 1.82) is 0 Å². The molecule has 0 atom stereocenters. The van der Waals surface area contributed by atoms with E-state index in [-0.39, 0.29) is 5.91 Å². The molecule has 84 valence electrons. The van der Waals surface area contributed by atoms with E-state index >= 15 is 0 Å². The van der Waals surface area contributed by atoms with Crippen molar-refractivity contribution < 1.29 is 4.79 Å². The molecule has 6 heteroatoms. The van der Waals surface area contributed by atoms with E-state index in [2.05, 4.69) is 20.9 Å². The van der Waals surface area contributed by atoms with Gasteiger partial charge in [-0.2, -0.15) is 16.4 Å². The van der Waals surface area contributed by atoms with Crippen LogP contribution in [0.5, 0.6) is 0 Å². The lowest BCUT2D eigenvalue weighted by Gasteiger charge is -2.01. The van der Waals surface area contributed by atoms with Crippen LogP contribution >= 0.6 is 11.3 Å². The van der Waals surface area contributed by atoms with Crippen LogP contribution in [0.2, 0.25) is 0 Å². The average molecular weight is 236 g/mol. The molecule has 0 unspecified atom stereocenters. The molecule has 2 heterocycles. The van der Waals surface area contributed by atoms with E-state index < -0.39 is 0 Å². The molecule has 0 aliphatic carbocycles. The fourth-order valence-electron chi connectivity index (χ4n) is 1.30. The van der Waals surface area contributed by atoms with Crippen molar-refractivity contribution in [1.82, 2.24) is 15.5 Å². The Morgan fingerprint density at radius 3 is 3.12 bits per heavy atom. The maximum absolute atomic E-state index is 11.6. The summed E-state index contributed by atoms with van der Waals surface area (Å²) in [5.74, 6) is 0.141. The minimum absolute atomic E-state index is 0.181. The van der Waals surface area contributed by atoms with E-state index in [1.807, 2.05) is 11.4 Å². The van der Waals surface area contributed by atoms with Crippen LogP contribution in [0.15, 0.2) is 22.9 Å². The molecule has 5 nitrogen and oxygen atoms in total. The zero-order chi connectivity index (χ0) is 11.4. The van der Waals surface area contributed by atoms with E-state index in [0.29, 0.717) is 18.1 Å². The number of nitrogen functional groups attached to an aromatic ring is 1. The van der Waals surface area contributed by atoms with Crippen LogP contribution in [0.25, 0.3) is 0 Å². The van der Waals surface area contributed by atoms with Crippen LogP contribution in [0.1, 0.15) is 16.1 Å². The van der Waals surface area contributed by atoms with E-state index in [1.54, 1.807) is 11.3 Å². The van der Waals surface area contributed by atoms with Gasteiger partial charge in [0.1, 0.15) is 11.5 Å². The van der Waals surface area contributed by atoms with Crippen LogP contribution in [-0.2, 0) is 6.42 Å². The quantitative estimate of drug-likeness (QED) is 0.741. The lowest BCUT2D eigenvalue weighted by molar-refractivity contribution is 0.0949. The molecule has 0 aromatic carbocycles. The van der Waals surface area contributed by atoms with Gasteiger partial charge in [0.2, 0.25) is 0 Å². The molecule has 2 rings (SSSR count). The standard InChI is InChI=1S/C10H12N4OS/c11-9-5-8(13-14-9)10(15)12-3-1-7-2-4-16-6-7/h2,4-6H,1,3H2,(H,12,15)(H3,11,13,14). The van der Waals surface area contributed by atoms with Gasteiger partial charge in [0, 0.05) is 12.6 Å². The highest BCUT2D eigenvalue weighted by Gasteiger charge is 2.07. The number of thiophene rings is 1. The molecular weight excluding hydrogens is 224 g/mol. The monoisotopic (exact) mass is 236 g/mol. The third-order valence-electron chi connectivity index (χ3n) is 2.12. The summed E-state index contributed by atoms with van der Waals surface area (Å²) >= 11 is 1.65. The van der Waals surface area contributed by atoms with Crippen molar-refractivity contribution in [3.05, 3.63) is 34.2 Å². The number of nitrogens with one attached hydrogen (secondary N) is 2. The summed E-state index contributed by atoms with van der Waals surface area (Å²) in [4.78, 5) is 11.6. The number of nitrogens with zero attached hydrogens (tertiary/aromatic N) is 1. The maximum atomic E-state index is 11.6. The second kappa shape index (κ2) is 4.80. The largest absolute Gasteiger partial charge is 0.382 e. The molecule has 4 N–H and O–H groups in total. The highest BCUT2D eigenvalue weighted by Crippen LogP contribution is 2.06. The maximum Gasteiger partial charge on any atom is 0.269 e. The number of H-pyrrole nitrogens is 1. The van der Waals surface area contributed by atoms with Crippen LogP contribution in [0, 0.1) is 0 Å². The molecule has 2 aromatic heterocycles. The Hall–Kier alpha value is -1.82. The second-order valence-electron chi connectivity index (χ2n) is 3.34. The Bertz CT molecular complexity index is 463. The van der Waals surface area contributed by atoms with Gasteiger partial charge >= 0.3 is 0 Å². The van der Waals surface area contributed by atoms with Gasteiger partial charge in [-0.15, -0.1) is 0 Å². The van der Waals surface area contributed by atoms with Crippen molar-refractivity contribution in [3.63, 3.8) is 0 Å². The molecule has 16 heavy (non-hydrogen) atoms. The lowest BCUT2D eigenvalue weighted by atomic mass is 10.2. The normalized spacial score (nSPS) is 10.2. The zero-order valence-corrected chi connectivity index (χ0v) is 9.38. The average Bonchev–Trinajstić information content (AvgIpc) is 2.89. The number of nitrogens with two attached hydrogens (primary N) is 1. The molecule has 0 saturated carbocycles. The minimum atomic E-state index is -0.181. The van der Waals surface area contributed by atoms with Crippen molar-refractivity contribution in [2.45, 2.75) is 6.42 Å². The van der Waals surface area contributed by atoms with Gasteiger partial charge in [0.15, 0.2) is 0 Å².